The smallest absolute Gasteiger partial charge is 0.191 e. The van der Waals surface area contributed by atoms with Crippen LogP contribution >= 0.6 is 24.0 Å². The second-order valence-electron chi connectivity index (χ2n) is 7.98. The number of likely N-dealkylation sites (tertiary alicyclic amines) is 1. The van der Waals surface area contributed by atoms with E-state index in [2.05, 4.69) is 65.6 Å². The van der Waals surface area contributed by atoms with Crippen LogP contribution in [0.3, 0.4) is 0 Å². The number of ether oxygens (including phenoxy) is 1. The molecule has 1 aromatic carbocycles. The number of halogens is 1. The van der Waals surface area contributed by atoms with Gasteiger partial charge in [0.1, 0.15) is 0 Å². The first kappa shape index (κ1) is 24.2. The molecular weight excluding hydrogens is 451 g/mol. The summed E-state index contributed by atoms with van der Waals surface area (Å²) in [6.07, 6.45) is 4.05. The Bertz CT molecular complexity index is 566. The van der Waals surface area contributed by atoms with Gasteiger partial charge in [0.25, 0.3) is 0 Å². The molecule has 1 saturated heterocycles. The Kier molecular flexibility index (Phi) is 11.3. The number of guanidine groups is 1. The number of hydrogen-bond acceptors (Lipinski definition) is 3. The largest absolute Gasteiger partial charge is 0.371 e. The fraction of sp³-hybridized carbons (Fsp3) is 0.667. The second-order valence-corrected chi connectivity index (χ2v) is 7.98. The molecule has 154 valence electrons. The maximum atomic E-state index is 5.87. The predicted octanol–water partition coefficient (Wildman–Crippen LogP) is 3.77. The second kappa shape index (κ2) is 12.6. The summed E-state index contributed by atoms with van der Waals surface area (Å²) >= 11 is 0. The Morgan fingerprint density at radius 1 is 1.11 bits per heavy atom. The lowest BCUT2D eigenvalue weighted by atomic mass is 10.1. The van der Waals surface area contributed by atoms with Gasteiger partial charge in [-0.25, -0.2) is 0 Å². The number of benzene rings is 1. The van der Waals surface area contributed by atoms with Crippen molar-refractivity contribution >= 4 is 29.9 Å². The number of nitrogens with one attached hydrogen (secondary N) is 2. The highest BCUT2D eigenvalue weighted by molar-refractivity contribution is 14.0. The summed E-state index contributed by atoms with van der Waals surface area (Å²) in [4.78, 5) is 6.86. The highest BCUT2D eigenvalue weighted by atomic mass is 127. The first-order chi connectivity index (χ1) is 12.5. The molecule has 0 radical (unpaired) electrons. The van der Waals surface area contributed by atoms with E-state index in [-0.39, 0.29) is 29.6 Å². The number of piperidine rings is 1. The zero-order chi connectivity index (χ0) is 18.8. The van der Waals surface area contributed by atoms with Gasteiger partial charge in [-0.1, -0.05) is 30.7 Å². The number of rotatable bonds is 7. The molecule has 0 spiro atoms. The van der Waals surface area contributed by atoms with E-state index >= 15 is 0 Å². The van der Waals surface area contributed by atoms with Crippen LogP contribution in [0.4, 0.5) is 0 Å². The molecule has 0 atom stereocenters. The van der Waals surface area contributed by atoms with Crippen molar-refractivity contribution in [2.45, 2.75) is 58.8 Å². The van der Waals surface area contributed by atoms with E-state index in [1.807, 2.05) is 7.05 Å². The van der Waals surface area contributed by atoms with E-state index < -0.39 is 0 Å². The zero-order valence-electron chi connectivity index (χ0n) is 17.4. The Morgan fingerprint density at radius 3 is 2.48 bits per heavy atom. The third-order valence-corrected chi connectivity index (χ3v) is 4.52. The maximum absolute atomic E-state index is 5.87. The van der Waals surface area contributed by atoms with Crippen LogP contribution < -0.4 is 10.6 Å². The molecule has 0 aromatic heterocycles. The Balaban J connectivity index is 0.00000364. The van der Waals surface area contributed by atoms with E-state index in [4.69, 9.17) is 4.74 Å². The lowest BCUT2D eigenvalue weighted by molar-refractivity contribution is -0.0149. The molecule has 0 saturated carbocycles. The minimum Gasteiger partial charge on any atom is -0.371 e. The molecule has 5 nitrogen and oxygen atoms in total. The average molecular weight is 488 g/mol. The molecule has 0 bridgehead atoms. The molecule has 0 aliphatic carbocycles. The highest BCUT2D eigenvalue weighted by Crippen LogP contribution is 2.13. The molecule has 1 aliphatic heterocycles. The maximum Gasteiger partial charge on any atom is 0.191 e. The monoisotopic (exact) mass is 488 g/mol. The van der Waals surface area contributed by atoms with Crippen molar-refractivity contribution in [3.63, 3.8) is 0 Å². The molecular formula is C21H37IN4O. The SMILES string of the molecule is CN=C(NCCN1CCCCC1)NCc1cccc(COC(C)(C)C)c1.I. The van der Waals surface area contributed by atoms with E-state index in [0.717, 1.165) is 25.6 Å². The van der Waals surface area contributed by atoms with Gasteiger partial charge in [-0.2, -0.15) is 0 Å². The first-order valence-corrected chi connectivity index (χ1v) is 9.85. The average Bonchev–Trinajstić information content (AvgIpc) is 2.63. The minimum atomic E-state index is -0.116. The van der Waals surface area contributed by atoms with Crippen LogP contribution in [0.15, 0.2) is 29.3 Å². The van der Waals surface area contributed by atoms with Crippen LogP contribution in [0.1, 0.15) is 51.2 Å². The molecule has 1 heterocycles. The Labute approximate surface area is 182 Å². The topological polar surface area (TPSA) is 48.9 Å². The molecule has 2 N–H and O–H groups in total. The van der Waals surface area contributed by atoms with Crippen LogP contribution in [0, 0.1) is 0 Å². The lowest BCUT2D eigenvalue weighted by Crippen LogP contribution is -2.42. The molecule has 2 rings (SSSR count). The Morgan fingerprint density at radius 2 is 1.81 bits per heavy atom. The molecule has 1 fully saturated rings. The molecule has 27 heavy (non-hydrogen) atoms. The summed E-state index contributed by atoms with van der Waals surface area (Å²) in [7, 11) is 1.82. The normalized spacial score (nSPS) is 15.9. The van der Waals surface area contributed by atoms with Gasteiger partial charge < -0.3 is 20.3 Å². The highest BCUT2D eigenvalue weighted by Gasteiger charge is 2.11. The number of aliphatic imine (C=N–C) groups is 1. The molecule has 6 heteroatoms. The van der Waals surface area contributed by atoms with Crippen molar-refractivity contribution < 1.29 is 4.74 Å². The summed E-state index contributed by atoms with van der Waals surface area (Å²) < 4.78 is 5.87. The van der Waals surface area contributed by atoms with Crippen LogP contribution in [0.2, 0.25) is 0 Å². The quantitative estimate of drug-likeness (QED) is 0.349. The fourth-order valence-corrected chi connectivity index (χ4v) is 3.05. The third-order valence-electron chi connectivity index (χ3n) is 4.52. The summed E-state index contributed by atoms with van der Waals surface area (Å²) in [6, 6.07) is 8.53. The third kappa shape index (κ3) is 10.3. The summed E-state index contributed by atoms with van der Waals surface area (Å²) in [5.74, 6) is 0.860. The van der Waals surface area contributed by atoms with Gasteiger partial charge in [-0.05, 0) is 57.8 Å². The molecule has 1 aliphatic rings. The molecule has 1 aromatic rings. The molecule has 0 unspecified atom stereocenters. The van der Waals surface area contributed by atoms with Gasteiger partial charge in [0.2, 0.25) is 0 Å². The van der Waals surface area contributed by atoms with Gasteiger partial charge in [-0.3, -0.25) is 4.99 Å². The summed E-state index contributed by atoms with van der Waals surface area (Å²) in [6.45, 7) is 12.1. The van der Waals surface area contributed by atoms with Crippen molar-refractivity contribution in [2.24, 2.45) is 4.99 Å². The number of nitrogens with zero attached hydrogens (tertiary/aromatic N) is 2. The molecule has 0 amide bonds. The van der Waals surface area contributed by atoms with Crippen molar-refractivity contribution in [2.75, 3.05) is 33.2 Å². The van der Waals surface area contributed by atoms with Crippen molar-refractivity contribution in [3.8, 4) is 0 Å². The summed E-state index contributed by atoms with van der Waals surface area (Å²) in [5.41, 5.74) is 2.32. The van der Waals surface area contributed by atoms with E-state index in [0.29, 0.717) is 6.61 Å². The van der Waals surface area contributed by atoms with Crippen molar-refractivity contribution in [1.29, 1.82) is 0 Å². The van der Waals surface area contributed by atoms with Crippen molar-refractivity contribution in [3.05, 3.63) is 35.4 Å². The number of hydrogen-bond donors (Lipinski definition) is 2. The zero-order valence-corrected chi connectivity index (χ0v) is 19.7. The van der Waals surface area contributed by atoms with Crippen molar-refractivity contribution in [1.82, 2.24) is 15.5 Å². The van der Waals surface area contributed by atoms with Crippen LogP contribution in [-0.2, 0) is 17.9 Å². The first-order valence-electron chi connectivity index (χ1n) is 9.85. The Hall–Kier alpha value is -0.860. The standard InChI is InChI=1S/C21H36N4O.HI/c1-21(2,3)26-17-19-10-8-9-18(15-19)16-24-20(22-4)23-11-14-25-12-6-5-7-13-25;/h8-10,15H,5-7,11-14,16-17H2,1-4H3,(H2,22,23,24);1H. The minimum absolute atomic E-state index is 0. The van der Waals surface area contributed by atoms with Crippen LogP contribution in [0.5, 0.6) is 0 Å². The fourth-order valence-electron chi connectivity index (χ4n) is 3.05. The van der Waals surface area contributed by atoms with E-state index in [9.17, 15) is 0 Å². The van der Waals surface area contributed by atoms with Crippen LogP contribution in [0.25, 0.3) is 0 Å². The van der Waals surface area contributed by atoms with Gasteiger partial charge >= 0.3 is 0 Å². The van der Waals surface area contributed by atoms with Gasteiger partial charge in [0.05, 0.1) is 12.2 Å². The predicted molar refractivity (Wildman–Crippen MR) is 125 cm³/mol. The van der Waals surface area contributed by atoms with Gasteiger partial charge in [0.15, 0.2) is 5.96 Å². The van der Waals surface area contributed by atoms with Gasteiger partial charge in [0, 0.05) is 26.7 Å². The lowest BCUT2D eigenvalue weighted by Gasteiger charge is -2.26. The van der Waals surface area contributed by atoms with Crippen LogP contribution in [-0.4, -0.2) is 49.7 Å². The van der Waals surface area contributed by atoms with E-state index in [1.54, 1.807) is 0 Å². The summed E-state index contributed by atoms with van der Waals surface area (Å²) in [5, 5.41) is 6.82. The van der Waals surface area contributed by atoms with Gasteiger partial charge in [-0.15, -0.1) is 24.0 Å². The van der Waals surface area contributed by atoms with E-state index in [1.165, 1.54) is 43.5 Å².